The van der Waals surface area contributed by atoms with Gasteiger partial charge in [-0.3, -0.25) is 0 Å². The molecular weight excluding hydrogens is 284 g/mol. The Labute approximate surface area is 132 Å². The molecule has 1 heterocycles. The first kappa shape index (κ1) is 17.8. The monoisotopic (exact) mass is 312 g/mol. The highest BCUT2D eigenvalue weighted by molar-refractivity contribution is 7.98. The Morgan fingerprint density at radius 2 is 1.76 bits per heavy atom. The summed E-state index contributed by atoms with van der Waals surface area (Å²) in [7, 11) is 0. The first-order chi connectivity index (χ1) is 10.1. The Hall–Kier alpha value is -1.24. The molecule has 0 aromatic carbocycles. The van der Waals surface area contributed by atoms with Crippen LogP contribution in [0.2, 0.25) is 0 Å². The SMILES string of the molecule is CCCNc1nc(NC(C)CSC)nc(N(CC)CC)n1. The molecule has 1 aromatic rings. The number of nitrogens with one attached hydrogen (secondary N) is 2. The second-order valence-electron chi connectivity index (χ2n) is 4.88. The lowest BCUT2D eigenvalue weighted by atomic mass is 10.4. The van der Waals surface area contributed by atoms with Gasteiger partial charge in [-0.05, 0) is 33.4 Å². The van der Waals surface area contributed by atoms with E-state index in [-0.39, 0.29) is 0 Å². The van der Waals surface area contributed by atoms with Gasteiger partial charge in [0.25, 0.3) is 0 Å². The predicted octanol–water partition coefficient (Wildman–Crippen LogP) is 2.70. The first-order valence-electron chi connectivity index (χ1n) is 7.64. The zero-order valence-corrected chi connectivity index (χ0v) is 14.6. The first-order valence-corrected chi connectivity index (χ1v) is 9.04. The van der Waals surface area contributed by atoms with Crippen LogP contribution in [-0.4, -0.2) is 52.6 Å². The van der Waals surface area contributed by atoms with Crippen molar-refractivity contribution < 1.29 is 0 Å². The number of nitrogens with zero attached hydrogens (tertiary/aromatic N) is 4. The van der Waals surface area contributed by atoms with Gasteiger partial charge in [-0.2, -0.15) is 26.7 Å². The molecule has 1 unspecified atom stereocenters. The molecule has 120 valence electrons. The molecule has 0 aliphatic carbocycles. The van der Waals surface area contributed by atoms with Crippen LogP contribution in [0.25, 0.3) is 0 Å². The van der Waals surface area contributed by atoms with Crippen molar-refractivity contribution in [2.75, 3.05) is 47.2 Å². The summed E-state index contributed by atoms with van der Waals surface area (Å²) >= 11 is 1.81. The average Bonchev–Trinajstić information content (AvgIpc) is 2.46. The molecule has 0 aliphatic rings. The Kier molecular flexibility index (Phi) is 8.19. The fraction of sp³-hybridized carbons (Fsp3) is 0.786. The van der Waals surface area contributed by atoms with E-state index in [4.69, 9.17) is 0 Å². The second kappa shape index (κ2) is 9.65. The number of thioether (sulfide) groups is 1. The van der Waals surface area contributed by atoms with Gasteiger partial charge in [-0.25, -0.2) is 0 Å². The summed E-state index contributed by atoms with van der Waals surface area (Å²) in [5.41, 5.74) is 0. The quantitative estimate of drug-likeness (QED) is 0.688. The van der Waals surface area contributed by atoms with Gasteiger partial charge in [0.2, 0.25) is 17.8 Å². The average molecular weight is 312 g/mol. The fourth-order valence-corrected chi connectivity index (χ4v) is 2.49. The summed E-state index contributed by atoms with van der Waals surface area (Å²) in [5, 5.41) is 6.60. The molecule has 0 fully saturated rings. The summed E-state index contributed by atoms with van der Waals surface area (Å²) in [6.45, 7) is 11.1. The third-order valence-electron chi connectivity index (χ3n) is 3.00. The molecule has 0 saturated heterocycles. The number of hydrogen-bond donors (Lipinski definition) is 2. The topological polar surface area (TPSA) is 66.0 Å². The zero-order valence-electron chi connectivity index (χ0n) is 13.8. The fourth-order valence-electron chi connectivity index (χ4n) is 1.91. The van der Waals surface area contributed by atoms with Crippen LogP contribution in [0.1, 0.15) is 34.1 Å². The van der Waals surface area contributed by atoms with Crippen molar-refractivity contribution in [3.05, 3.63) is 0 Å². The van der Waals surface area contributed by atoms with E-state index in [2.05, 4.69) is 64.4 Å². The van der Waals surface area contributed by atoms with Crippen molar-refractivity contribution in [3.8, 4) is 0 Å². The van der Waals surface area contributed by atoms with Crippen LogP contribution in [0, 0.1) is 0 Å². The number of rotatable bonds is 10. The molecule has 0 spiro atoms. The van der Waals surface area contributed by atoms with E-state index in [0.29, 0.717) is 17.9 Å². The predicted molar refractivity (Wildman–Crippen MR) is 93.6 cm³/mol. The molecule has 2 N–H and O–H groups in total. The highest BCUT2D eigenvalue weighted by atomic mass is 32.2. The number of hydrogen-bond acceptors (Lipinski definition) is 7. The van der Waals surface area contributed by atoms with E-state index in [1.807, 2.05) is 0 Å². The summed E-state index contributed by atoms with van der Waals surface area (Å²) in [6.07, 6.45) is 3.14. The van der Waals surface area contributed by atoms with Gasteiger partial charge >= 0.3 is 0 Å². The number of aromatic nitrogens is 3. The summed E-state index contributed by atoms with van der Waals surface area (Å²) in [5.74, 6) is 3.04. The lowest BCUT2D eigenvalue weighted by molar-refractivity contribution is 0.802. The lowest BCUT2D eigenvalue weighted by Crippen LogP contribution is -2.27. The van der Waals surface area contributed by atoms with Crippen molar-refractivity contribution in [1.29, 1.82) is 0 Å². The van der Waals surface area contributed by atoms with Crippen LogP contribution >= 0.6 is 11.8 Å². The van der Waals surface area contributed by atoms with E-state index < -0.39 is 0 Å². The summed E-state index contributed by atoms with van der Waals surface area (Å²) in [6, 6.07) is 0.325. The highest BCUT2D eigenvalue weighted by Gasteiger charge is 2.12. The Morgan fingerprint density at radius 1 is 1.10 bits per heavy atom. The molecule has 1 rings (SSSR count). The maximum Gasteiger partial charge on any atom is 0.231 e. The normalized spacial score (nSPS) is 12.0. The van der Waals surface area contributed by atoms with Crippen LogP contribution in [0.5, 0.6) is 0 Å². The molecule has 0 aliphatic heterocycles. The van der Waals surface area contributed by atoms with Crippen LogP contribution in [0.15, 0.2) is 0 Å². The molecule has 1 atom stereocenters. The van der Waals surface area contributed by atoms with Gasteiger partial charge in [-0.1, -0.05) is 6.92 Å². The zero-order chi connectivity index (χ0) is 15.7. The van der Waals surface area contributed by atoms with Gasteiger partial charge in [0.05, 0.1) is 0 Å². The van der Waals surface area contributed by atoms with Gasteiger partial charge in [0.15, 0.2) is 0 Å². The molecule has 6 nitrogen and oxygen atoms in total. The Morgan fingerprint density at radius 3 is 2.33 bits per heavy atom. The van der Waals surface area contributed by atoms with Crippen molar-refractivity contribution in [2.24, 2.45) is 0 Å². The van der Waals surface area contributed by atoms with E-state index in [9.17, 15) is 0 Å². The molecular formula is C14H28N6S. The van der Waals surface area contributed by atoms with Crippen LogP contribution in [-0.2, 0) is 0 Å². The molecule has 1 aromatic heterocycles. The van der Waals surface area contributed by atoms with E-state index in [1.165, 1.54) is 0 Å². The summed E-state index contributed by atoms with van der Waals surface area (Å²) in [4.78, 5) is 15.7. The smallest absolute Gasteiger partial charge is 0.231 e. The molecule has 0 bridgehead atoms. The molecule has 0 amide bonds. The van der Waals surface area contributed by atoms with E-state index in [0.717, 1.165) is 37.8 Å². The van der Waals surface area contributed by atoms with Crippen LogP contribution in [0.4, 0.5) is 17.8 Å². The molecule has 21 heavy (non-hydrogen) atoms. The largest absolute Gasteiger partial charge is 0.354 e. The third-order valence-corrected chi connectivity index (χ3v) is 3.83. The molecule has 0 saturated carbocycles. The minimum atomic E-state index is 0.325. The van der Waals surface area contributed by atoms with Gasteiger partial charge < -0.3 is 15.5 Å². The highest BCUT2D eigenvalue weighted by Crippen LogP contribution is 2.14. The van der Waals surface area contributed by atoms with Gasteiger partial charge in [0.1, 0.15) is 0 Å². The van der Waals surface area contributed by atoms with Crippen LogP contribution < -0.4 is 15.5 Å². The third kappa shape index (κ3) is 5.95. The van der Waals surface area contributed by atoms with Gasteiger partial charge in [-0.15, -0.1) is 0 Å². The second-order valence-corrected chi connectivity index (χ2v) is 5.79. The van der Waals surface area contributed by atoms with Crippen molar-refractivity contribution >= 4 is 29.6 Å². The molecule has 0 radical (unpaired) electrons. The lowest BCUT2D eigenvalue weighted by Gasteiger charge is -2.20. The maximum atomic E-state index is 4.55. The van der Waals surface area contributed by atoms with E-state index >= 15 is 0 Å². The van der Waals surface area contributed by atoms with Crippen molar-refractivity contribution in [1.82, 2.24) is 15.0 Å². The standard InChI is InChI=1S/C14H28N6S/c1-6-9-15-12-17-13(16-11(4)10-21-5)19-14(18-12)20(7-2)8-3/h11H,6-10H2,1-5H3,(H2,15,16,17,18,19). The minimum absolute atomic E-state index is 0.325. The number of anilines is 3. The van der Waals surface area contributed by atoms with Crippen molar-refractivity contribution in [3.63, 3.8) is 0 Å². The minimum Gasteiger partial charge on any atom is -0.354 e. The maximum absolute atomic E-state index is 4.55. The molecule has 7 heteroatoms. The van der Waals surface area contributed by atoms with Crippen LogP contribution in [0.3, 0.4) is 0 Å². The van der Waals surface area contributed by atoms with Gasteiger partial charge in [0, 0.05) is 31.4 Å². The Balaban J connectivity index is 2.96. The Bertz CT molecular complexity index is 410. The van der Waals surface area contributed by atoms with E-state index in [1.54, 1.807) is 11.8 Å². The van der Waals surface area contributed by atoms with Crippen molar-refractivity contribution in [2.45, 2.75) is 40.2 Å². The summed E-state index contributed by atoms with van der Waals surface area (Å²) < 4.78 is 0.